The number of alkyl halides is 1. The zero-order chi connectivity index (χ0) is 7.56. The van der Waals surface area contributed by atoms with Gasteiger partial charge in [0.05, 0.1) is 10.5 Å². The third-order valence-electron chi connectivity index (χ3n) is 1.31. The lowest BCUT2D eigenvalue weighted by atomic mass is 10.2. The quantitative estimate of drug-likeness (QED) is 0.692. The molecule has 3 heteroatoms. The van der Waals surface area contributed by atoms with Crippen LogP contribution in [0, 0.1) is 6.92 Å². The summed E-state index contributed by atoms with van der Waals surface area (Å²) >= 11 is 3.46. The minimum atomic E-state index is 0.314. The van der Waals surface area contributed by atoms with Gasteiger partial charge in [0, 0.05) is 6.07 Å². The molecule has 0 aliphatic rings. The zero-order valence-corrected chi connectivity index (χ0v) is 7.68. The van der Waals surface area contributed by atoms with Crippen molar-refractivity contribution in [1.29, 1.82) is 0 Å². The van der Waals surface area contributed by atoms with E-state index in [1.807, 2.05) is 13.0 Å². The monoisotopic (exact) mass is 203 g/mol. The molecule has 0 amide bonds. The summed E-state index contributed by atoms with van der Waals surface area (Å²) < 4.78 is 5.02. The van der Waals surface area contributed by atoms with E-state index in [4.69, 9.17) is 4.52 Å². The first-order chi connectivity index (χ1) is 4.74. The molecule has 56 valence electrons. The second-order valence-corrected chi connectivity index (χ2v) is 3.35. The largest absolute Gasteiger partial charge is 0.360 e. The predicted molar refractivity (Wildman–Crippen MR) is 43.2 cm³/mol. The van der Waals surface area contributed by atoms with Crippen molar-refractivity contribution in [3.8, 4) is 0 Å². The summed E-state index contributed by atoms with van der Waals surface area (Å²) in [6.45, 7) is 4.01. The topological polar surface area (TPSA) is 26.0 Å². The third kappa shape index (κ3) is 1.59. The molecule has 0 fully saturated rings. The summed E-state index contributed by atoms with van der Waals surface area (Å²) in [5.41, 5.74) is 0.938. The highest BCUT2D eigenvalue weighted by Gasteiger charge is 2.09. The number of hydrogen-bond donors (Lipinski definition) is 0. The van der Waals surface area contributed by atoms with Crippen molar-refractivity contribution in [3.63, 3.8) is 0 Å². The first-order valence-electron chi connectivity index (χ1n) is 3.31. The highest BCUT2D eigenvalue weighted by Crippen LogP contribution is 2.25. The highest BCUT2D eigenvalue weighted by molar-refractivity contribution is 9.09. The summed E-state index contributed by atoms with van der Waals surface area (Å²) in [5.74, 6) is 0.917. The van der Waals surface area contributed by atoms with Gasteiger partial charge in [0.25, 0.3) is 0 Å². The number of halogens is 1. The van der Waals surface area contributed by atoms with Crippen molar-refractivity contribution >= 4 is 15.9 Å². The second kappa shape index (κ2) is 3.19. The molecule has 1 heterocycles. The highest BCUT2D eigenvalue weighted by atomic mass is 79.9. The summed E-state index contributed by atoms with van der Waals surface area (Å²) in [6, 6.07) is 1.95. The molecule has 2 nitrogen and oxygen atoms in total. The minimum Gasteiger partial charge on any atom is -0.360 e. The maximum absolute atomic E-state index is 5.02. The number of rotatable bonds is 2. The fraction of sp³-hybridized carbons (Fsp3) is 0.571. The van der Waals surface area contributed by atoms with Crippen molar-refractivity contribution in [2.75, 3.05) is 0 Å². The molecule has 1 rings (SSSR count). The Labute approximate surface area is 68.7 Å². The third-order valence-corrected chi connectivity index (χ3v) is 2.41. The smallest absolute Gasteiger partial charge is 0.150 e. The van der Waals surface area contributed by atoms with Crippen LogP contribution in [-0.2, 0) is 0 Å². The van der Waals surface area contributed by atoms with E-state index in [9.17, 15) is 0 Å². The molecule has 1 aromatic heterocycles. The Bertz CT molecular complexity index is 209. The van der Waals surface area contributed by atoms with Gasteiger partial charge in [-0.2, -0.15) is 0 Å². The van der Waals surface area contributed by atoms with Crippen LogP contribution in [0.4, 0.5) is 0 Å². The van der Waals surface area contributed by atoms with Crippen LogP contribution in [0.25, 0.3) is 0 Å². The Kier molecular flexibility index (Phi) is 2.49. The van der Waals surface area contributed by atoms with Crippen LogP contribution in [0.2, 0.25) is 0 Å². The van der Waals surface area contributed by atoms with E-state index in [-0.39, 0.29) is 0 Å². The predicted octanol–water partition coefficient (Wildman–Crippen LogP) is 2.83. The van der Waals surface area contributed by atoms with E-state index >= 15 is 0 Å². The Hall–Kier alpha value is -0.310. The maximum Gasteiger partial charge on any atom is 0.150 e. The van der Waals surface area contributed by atoms with Gasteiger partial charge in [-0.3, -0.25) is 0 Å². The number of aryl methyl sites for hydroxylation is 1. The van der Waals surface area contributed by atoms with Crippen molar-refractivity contribution in [3.05, 3.63) is 17.5 Å². The normalized spacial score (nSPS) is 13.5. The standard InChI is InChI=1S/C7H10BrNO/c1-3-6(8)7-4-5(2)9-10-7/h4,6H,3H2,1-2H3/t6-/m1/s1. The zero-order valence-electron chi connectivity index (χ0n) is 6.10. The van der Waals surface area contributed by atoms with Crippen LogP contribution in [0.5, 0.6) is 0 Å². The summed E-state index contributed by atoms with van der Waals surface area (Å²) in [6.07, 6.45) is 1.02. The Morgan fingerprint density at radius 2 is 2.50 bits per heavy atom. The molecule has 0 aliphatic heterocycles. The summed E-state index contributed by atoms with van der Waals surface area (Å²) in [5, 5.41) is 3.78. The Balaban J connectivity index is 2.74. The fourth-order valence-electron chi connectivity index (χ4n) is 0.732. The molecule has 0 aromatic carbocycles. The summed E-state index contributed by atoms with van der Waals surface area (Å²) in [4.78, 5) is 0.314. The van der Waals surface area contributed by atoms with E-state index in [1.165, 1.54) is 0 Å². The molecule has 0 spiro atoms. The molecule has 10 heavy (non-hydrogen) atoms. The molecule has 0 radical (unpaired) electrons. The number of nitrogens with zero attached hydrogens (tertiary/aromatic N) is 1. The number of aromatic nitrogens is 1. The lowest BCUT2D eigenvalue weighted by Crippen LogP contribution is -1.81. The Morgan fingerprint density at radius 3 is 2.90 bits per heavy atom. The van der Waals surface area contributed by atoms with Crippen LogP contribution in [0.1, 0.15) is 29.6 Å². The molecule has 0 aliphatic carbocycles. The SMILES string of the molecule is CC[C@@H](Br)c1cc(C)no1. The van der Waals surface area contributed by atoms with Gasteiger partial charge >= 0.3 is 0 Å². The van der Waals surface area contributed by atoms with E-state index in [2.05, 4.69) is 28.0 Å². The summed E-state index contributed by atoms with van der Waals surface area (Å²) in [7, 11) is 0. The van der Waals surface area contributed by atoms with Gasteiger partial charge in [-0.1, -0.05) is 28.0 Å². The van der Waals surface area contributed by atoms with E-state index in [1.54, 1.807) is 0 Å². The van der Waals surface area contributed by atoms with Gasteiger partial charge in [-0.15, -0.1) is 0 Å². The molecular weight excluding hydrogens is 194 g/mol. The van der Waals surface area contributed by atoms with Crippen LogP contribution < -0.4 is 0 Å². The lowest BCUT2D eigenvalue weighted by molar-refractivity contribution is 0.378. The van der Waals surface area contributed by atoms with Crippen LogP contribution in [0.3, 0.4) is 0 Å². The van der Waals surface area contributed by atoms with Crippen LogP contribution in [-0.4, -0.2) is 5.16 Å². The minimum absolute atomic E-state index is 0.314. The average Bonchev–Trinajstić information content (AvgIpc) is 2.34. The second-order valence-electron chi connectivity index (χ2n) is 2.25. The Morgan fingerprint density at radius 1 is 1.80 bits per heavy atom. The molecule has 1 aromatic rings. The lowest BCUT2D eigenvalue weighted by Gasteiger charge is -1.97. The van der Waals surface area contributed by atoms with Gasteiger partial charge in [-0.05, 0) is 13.3 Å². The first-order valence-corrected chi connectivity index (χ1v) is 4.23. The maximum atomic E-state index is 5.02. The van der Waals surface area contributed by atoms with Gasteiger partial charge < -0.3 is 4.52 Å². The van der Waals surface area contributed by atoms with E-state index in [0.29, 0.717) is 4.83 Å². The van der Waals surface area contributed by atoms with Gasteiger partial charge in [0.15, 0.2) is 5.76 Å². The van der Waals surface area contributed by atoms with Crippen molar-refractivity contribution in [2.45, 2.75) is 25.1 Å². The van der Waals surface area contributed by atoms with Crippen molar-refractivity contribution in [2.24, 2.45) is 0 Å². The molecule has 0 saturated carbocycles. The van der Waals surface area contributed by atoms with E-state index in [0.717, 1.165) is 17.9 Å². The van der Waals surface area contributed by atoms with Crippen molar-refractivity contribution in [1.82, 2.24) is 5.16 Å². The molecule has 0 unspecified atom stereocenters. The number of hydrogen-bond acceptors (Lipinski definition) is 2. The average molecular weight is 204 g/mol. The molecule has 0 saturated heterocycles. The fourth-order valence-corrected chi connectivity index (χ4v) is 0.948. The first kappa shape index (κ1) is 7.79. The molecule has 0 N–H and O–H groups in total. The van der Waals surface area contributed by atoms with Gasteiger partial charge in [0.1, 0.15) is 0 Å². The molecular formula is C7H10BrNO. The molecule has 1 atom stereocenters. The van der Waals surface area contributed by atoms with Crippen LogP contribution >= 0.6 is 15.9 Å². The van der Waals surface area contributed by atoms with Gasteiger partial charge in [-0.25, -0.2) is 0 Å². The van der Waals surface area contributed by atoms with Crippen molar-refractivity contribution < 1.29 is 4.52 Å². The van der Waals surface area contributed by atoms with E-state index < -0.39 is 0 Å². The van der Waals surface area contributed by atoms with Gasteiger partial charge in [0.2, 0.25) is 0 Å². The van der Waals surface area contributed by atoms with Crippen LogP contribution in [0.15, 0.2) is 10.6 Å². The molecule has 0 bridgehead atoms.